The van der Waals surface area contributed by atoms with Gasteiger partial charge < -0.3 is 14.6 Å². The van der Waals surface area contributed by atoms with Crippen molar-refractivity contribution in [3.8, 4) is 5.75 Å². The second-order valence-corrected chi connectivity index (χ2v) is 6.19. The van der Waals surface area contributed by atoms with Crippen LogP contribution in [0, 0.1) is 0 Å². The number of aromatic nitrogens is 2. The highest BCUT2D eigenvalue weighted by Crippen LogP contribution is 2.29. The topological polar surface area (TPSA) is 39.1 Å². The van der Waals surface area contributed by atoms with Crippen LogP contribution < -0.4 is 10.1 Å². The molecule has 0 fully saturated rings. The molecule has 4 nitrogen and oxygen atoms in total. The van der Waals surface area contributed by atoms with E-state index in [0.29, 0.717) is 6.61 Å². The monoisotopic (exact) mass is 337 g/mol. The highest BCUT2D eigenvalue weighted by atomic mass is 16.5. The molecular formula is C21H27N3O. The van der Waals surface area contributed by atoms with Crippen molar-refractivity contribution in [1.82, 2.24) is 9.55 Å². The van der Waals surface area contributed by atoms with Gasteiger partial charge >= 0.3 is 0 Å². The van der Waals surface area contributed by atoms with Crippen molar-refractivity contribution >= 4 is 22.7 Å². The minimum Gasteiger partial charge on any atom is -0.492 e. The first kappa shape index (κ1) is 17.3. The summed E-state index contributed by atoms with van der Waals surface area (Å²) in [5.41, 5.74) is 3.15. The van der Waals surface area contributed by atoms with Crippen molar-refractivity contribution in [3.05, 3.63) is 48.5 Å². The Morgan fingerprint density at radius 1 is 0.960 bits per heavy atom. The van der Waals surface area contributed by atoms with Crippen LogP contribution in [-0.4, -0.2) is 16.2 Å². The third-order valence-electron chi connectivity index (χ3n) is 4.32. The summed E-state index contributed by atoms with van der Waals surface area (Å²) < 4.78 is 8.02. The van der Waals surface area contributed by atoms with Crippen molar-refractivity contribution in [3.63, 3.8) is 0 Å². The molecule has 1 aromatic heterocycles. The van der Waals surface area contributed by atoms with Gasteiger partial charge in [0.15, 0.2) is 0 Å². The number of fused-ring (bicyclic) bond motifs is 1. The zero-order valence-electron chi connectivity index (χ0n) is 15.2. The number of aryl methyl sites for hydroxylation is 1. The van der Waals surface area contributed by atoms with Gasteiger partial charge in [-0.05, 0) is 37.6 Å². The van der Waals surface area contributed by atoms with Crippen LogP contribution >= 0.6 is 0 Å². The Labute approximate surface area is 149 Å². The third kappa shape index (κ3) is 4.13. The average Bonchev–Trinajstić information content (AvgIpc) is 2.98. The van der Waals surface area contributed by atoms with E-state index in [0.717, 1.165) is 35.9 Å². The molecule has 0 aliphatic carbocycles. The van der Waals surface area contributed by atoms with Crippen LogP contribution in [-0.2, 0) is 6.54 Å². The molecule has 0 saturated carbocycles. The van der Waals surface area contributed by atoms with Crippen molar-refractivity contribution in [2.45, 2.75) is 46.1 Å². The Bertz CT molecular complexity index is 810. The van der Waals surface area contributed by atoms with Gasteiger partial charge in [0.2, 0.25) is 5.95 Å². The summed E-state index contributed by atoms with van der Waals surface area (Å²) in [6.45, 7) is 5.86. The van der Waals surface area contributed by atoms with E-state index in [1.807, 2.05) is 37.3 Å². The fraction of sp³-hybridized carbons (Fsp3) is 0.381. The molecule has 0 aliphatic heterocycles. The summed E-state index contributed by atoms with van der Waals surface area (Å²) in [5.74, 6) is 1.74. The molecule has 3 aromatic rings. The molecule has 0 saturated heterocycles. The number of benzene rings is 2. The van der Waals surface area contributed by atoms with Gasteiger partial charge in [-0.25, -0.2) is 4.98 Å². The summed E-state index contributed by atoms with van der Waals surface area (Å²) in [5, 5.41) is 3.48. The van der Waals surface area contributed by atoms with E-state index in [1.165, 1.54) is 24.8 Å². The number of nitrogens with zero attached hydrogens (tertiary/aromatic N) is 2. The number of ether oxygens (including phenoxy) is 1. The van der Waals surface area contributed by atoms with Crippen molar-refractivity contribution in [2.75, 3.05) is 11.9 Å². The molecule has 0 unspecified atom stereocenters. The second kappa shape index (κ2) is 8.56. The predicted molar refractivity (Wildman–Crippen MR) is 105 cm³/mol. The first-order valence-corrected chi connectivity index (χ1v) is 9.27. The van der Waals surface area contributed by atoms with Crippen LogP contribution in [0.4, 0.5) is 11.6 Å². The summed E-state index contributed by atoms with van der Waals surface area (Å²) in [6, 6.07) is 16.3. The highest BCUT2D eigenvalue weighted by molar-refractivity contribution is 5.80. The lowest BCUT2D eigenvalue weighted by atomic mass is 10.2. The molecule has 1 N–H and O–H groups in total. The average molecular weight is 337 g/mol. The maximum Gasteiger partial charge on any atom is 0.208 e. The van der Waals surface area contributed by atoms with Crippen LogP contribution in [0.15, 0.2) is 48.5 Å². The molecule has 2 aromatic carbocycles. The Hall–Kier alpha value is -2.49. The largest absolute Gasteiger partial charge is 0.492 e. The number of hydrogen-bond donors (Lipinski definition) is 1. The summed E-state index contributed by atoms with van der Waals surface area (Å²) >= 11 is 0. The molecule has 0 bridgehead atoms. The molecule has 0 atom stereocenters. The number of nitrogens with one attached hydrogen (secondary N) is 1. The number of rotatable bonds is 9. The van der Waals surface area contributed by atoms with E-state index in [4.69, 9.17) is 9.72 Å². The maximum absolute atomic E-state index is 5.74. The van der Waals surface area contributed by atoms with E-state index in [2.05, 4.69) is 35.0 Å². The molecule has 4 heteroatoms. The lowest BCUT2D eigenvalue weighted by Gasteiger charge is -2.14. The van der Waals surface area contributed by atoms with Gasteiger partial charge in [0.25, 0.3) is 0 Å². The fourth-order valence-electron chi connectivity index (χ4n) is 3.07. The molecule has 0 amide bonds. The van der Waals surface area contributed by atoms with Crippen molar-refractivity contribution < 1.29 is 4.74 Å². The van der Waals surface area contributed by atoms with Gasteiger partial charge in [0, 0.05) is 6.54 Å². The second-order valence-electron chi connectivity index (χ2n) is 6.19. The van der Waals surface area contributed by atoms with Crippen LogP contribution in [0.3, 0.4) is 0 Å². The fourth-order valence-corrected chi connectivity index (χ4v) is 3.07. The SMILES string of the molecule is CCCCCCn1c(Nc2ccccc2OCC)nc2ccccc21. The first-order valence-electron chi connectivity index (χ1n) is 9.27. The van der Waals surface area contributed by atoms with Crippen LogP contribution in [0.25, 0.3) is 11.0 Å². The predicted octanol–water partition coefficient (Wildman–Crippen LogP) is 5.76. The number of hydrogen-bond acceptors (Lipinski definition) is 3. The number of imidazole rings is 1. The van der Waals surface area contributed by atoms with E-state index in [1.54, 1.807) is 0 Å². The smallest absolute Gasteiger partial charge is 0.208 e. The van der Waals surface area contributed by atoms with Crippen molar-refractivity contribution in [2.24, 2.45) is 0 Å². The minimum atomic E-state index is 0.645. The minimum absolute atomic E-state index is 0.645. The normalized spacial score (nSPS) is 11.0. The van der Waals surface area contributed by atoms with Gasteiger partial charge in [0.05, 0.1) is 23.3 Å². The van der Waals surface area contributed by atoms with Crippen LogP contribution in [0.5, 0.6) is 5.75 Å². The van der Waals surface area contributed by atoms with E-state index >= 15 is 0 Å². The molecule has 132 valence electrons. The zero-order chi connectivity index (χ0) is 17.5. The molecule has 3 rings (SSSR count). The molecule has 0 spiro atoms. The van der Waals surface area contributed by atoms with E-state index in [-0.39, 0.29) is 0 Å². The van der Waals surface area contributed by atoms with Gasteiger partial charge in [-0.3, -0.25) is 0 Å². The van der Waals surface area contributed by atoms with Gasteiger partial charge in [-0.2, -0.15) is 0 Å². The standard InChI is InChI=1S/C21H27N3O/c1-3-5-6-11-16-24-19-14-9-7-12-17(19)22-21(24)23-18-13-8-10-15-20(18)25-4-2/h7-10,12-15H,3-6,11,16H2,1-2H3,(H,22,23). The number of unbranched alkanes of at least 4 members (excludes halogenated alkanes) is 3. The van der Waals surface area contributed by atoms with E-state index in [9.17, 15) is 0 Å². The van der Waals surface area contributed by atoms with Gasteiger partial charge in [0.1, 0.15) is 5.75 Å². The quantitative estimate of drug-likeness (QED) is 0.505. The number of anilines is 2. The Morgan fingerprint density at radius 2 is 1.76 bits per heavy atom. The molecule has 25 heavy (non-hydrogen) atoms. The highest BCUT2D eigenvalue weighted by Gasteiger charge is 2.12. The summed E-state index contributed by atoms with van der Waals surface area (Å²) in [7, 11) is 0. The lowest BCUT2D eigenvalue weighted by molar-refractivity contribution is 0.342. The molecule has 0 radical (unpaired) electrons. The molecular weight excluding hydrogens is 310 g/mol. The van der Waals surface area contributed by atoms with Gasteiger partial charge in [-0.15, -0.1) is 0 Å². The zero-order valence-corrected chi connectivity index (χ0v) is 15.2. The van der Waals surface area contributed by atoms with Gasteiger partial charge in [-0.1, -0.05) is 50.5 Å². The van der Waals surface area contributed by atoms with Crippen LogP contribution in [0.2, 0.25) is 0 Å². The summed E-state index contributed by atoms with van der Waals surface area (Å²) in [4.78, 5) is 4.80. The Morgan fingerprint density at radius 3 is 2.60 bits per heavy atom. The third-order valence-corrected chi connectivity index (χ3v) is 4.32. The first-order chi connectivity index (χ1) is 12.3. The van der Waals surface area contributed by atoms with E-state index < -0.39 is 0 Å². The molecule has 0 aliphatic rings. The Balaban J connectivity index is 1.90. The maximum atomic E-state index is 5.74. The summed E-state index contributed by atoms with van der Waals surface area (Å²) in [6.07, 6.45) is 4.94. The molecule has 1 heterocycles. The van der Waals surface area contributed by atoms with Crippen LogP contribution in [0.1, 0.15) is 39.5 Å². The lowest BCUT2D eigenvalue weighted by Crippen LogP contribution is -2.05. The van der Waals surface area contributed by atoms with Crippen molar-refractivity contribution in [1.29, 1.82) is 0 Å². The Kier molecular flexibility index (Phi) is 5.94. The number of para-hydroxylation sites is 4.